The molecule has 1 aromatic heterocycles. The van der Waals surface area contributed by atoms with Gasteiger partial charge in [0.15, 0.2) is 5.69 Å². The third kappa shape index (κ3) is 3.38. The van der Waals surface area contributed by atoms with Crippen LogP contribution >= 0.6 is 0 Å². The quantitative estimate of drug-likeness (QED) is 0.817. The number of benzene rings is 1. The summed E-state index contributed by atoms with van der Waals surface area (Å²) in [5.74, 6) is -0.230. The van der Waals surface area contributed by atoms with Crippen molar-refractivity contribution in [3.05, 3.63) is 47.3 Å². The van der Waals surface area contributed by atoms with Crippen molar-refractivity contribution in [2.45, 2.75) is 20.0 Å². The predicted octanol–water partition coefficient (Wildman–Crippen LogP) is 0.475. The zero-order valence-corrected chi connectivity index (χ0v) is 10.8. The van der Waals surface area contributed by atoms with Gasteiger partial charge in [0, 0.05) is 13.1 Å². The minimum atomic E-state index is -0.230. The Bertz CT molecular complexity index is 564. The summed E-state index contributed by atoms with van der Waals surface area (Å²) in [5, 5.41) is 10.5. The third-order valence-electron chi connectivity index (χ3n) is 2.83. The van der Waals surface area contributed by atoms with Gasteiger partial charge in [0.2, 0.25) is 0 Å². The van der Waals surface area contributed by atoms with E-state index >= 15 is 0 Å². The van der Waals surface area contributed by atoms with Crippen LogP contribution in [0, 0.1) is 6.92 Å². The van der Waals surface area contributed by atoms with E-state index in [1.807, 2.05) is 31.2 Å². The summed E-state index contributed by atoms with van der Waals surface area (Å²) < 4.78 is 1.56. The Morgan fingerprint density at radius 2 is 2.21 bits per heavy atom. The van der Waals surface area contributed by atoms with E-state index in [0.717, 1.165) is 11.1 Å². The van der Waals surface area contributed by atoms with E-state index in [1.165, 1.54) is 0 Å². The molecule has 0 aliphatic rings. The minimum absolute atomic E-state index is 0.230. The molecule has 6 nitrogen and oxygen atoms in total. The predicted molar refractivity (Wildman–Crippen MR) is 71.4 cm³/mol. The zero-order valence-electron chi connectivity index (χ0n) is 10.8. The van der Waals surface area contributed by atoms with Gasteiger partial charge < -0.3 is 11.1 Å². The van der Waals surface area contributed by atoms with Gasteiger partial charge in [0.05, 0.1) is 12.7 Å². The van der Waals surface area contributed by atoms with Crippen LogP contribution in [0.1, 0.15) is 21.6 Å². The number of nitrogens with two attached hydrogens (primary N) is 1. The van der Waals surface area contributed by atoms with Crippen LogP contribution in [0.15, 0.2) is 30.5 Å². The summed E-state index contributed by atoms with van der Waals surface area (Å²) in [7, 11) is 0. The highest BCUT2D eigenvalue weighted by Crippen LogP contribution is 2.06. The molecule has 0 radical (unpaired) electrons. The van der Waals surface area contributed by atoms with Gasteiger partial charge in [-0.2, -0.15) is 0 Å². The molecule has 19 heavy (non-hydrogen) atoms. The van der Waals surface area contributed by atoms with Crippen molar-refractivity contribution in [1.29, 1.82) is 0 Å². The monoisotopic (exact) mass is 259 g/mol. The van der Waals surface area contributed by atoms with Gasteiger partial charge in [-0.05, 0) is 18.1 Å². The highest BCUT2D eigenvalue weighted by Gasteiger charge is 2.10. The van der Waals surface area contributed by atoms with E-state index in [2.05, 4.69) is 15.6 Å². The summed E-state index contributed by atoms with van der Waals surface area (Å²) >= 11 is 0. The molecular formula is C13H17N5O. The Kier molecular flexibility index (Phi) is 4.25. The molecule has 1 amide bonds. The molecule has 6 heteroatoms. The van der Waals surface area contributed by atoms with Crippen molar-refractivity contribution in [1.82, 2.24) is 20.3 Å². The number of nitrogens with one attached hydrogen (secondary N) is 1. The fraction of sp³-hybridized carbons (Fsp3) is 0.308. The number of rotatable bonds is 5. The first-order valence-corrected chi connectivity index (χ1v) is 6.13. The van der Waals surface area contributed by atoms with Crippen LogP contribution in [0.2, 0.25) is 0 Å². The standard InChI is InChI=1S/C13H17N5O/c1-10-4-2-3-5-11(10)8-15-13(19)12-9-18(7-6-14)17-16-12/h2-5,9H,6-8,14H2,1H3,(H,15,19). The van der Waals surface area contributed by atoms with Crippen LogP contribution in [0.25, 0.3) is 0 Å². The molecule has 2 aromatic rings. The molecule has 0 saturated heterocycles. The van der Waals surface area contributed by atoms with Crippen molar-refractivity contribution in [2.24, 2.45) is 5.73 Å². The lowest BCUT2D eigenvalue weighted by Crippen LogP contribution is -2.23. The fourth-order valence-corrected chi connectivity index (χ4v) is 1.72. The Morgan fingerprint density at radius 1 is 1.42 bits per heavy atom. The molecule has 0 atom stereocenters. The smallest absolute Gasteiger partial charge is 0.273 e. The van der Waals surface area contributed by atoms with Crippen molar-refractivity contribution >= 4 is 5.91 Å². The Morgan fingerprint density at radius 3 is 2.95 bits per heavy atom. The van der Waals surface area contributed by atoms with E-state index in [9.17, 15) is 4.79 Å². The maximum atomic E-state index is 11.9. The first-order valence-electron chi connectivity index (χ1n) is 6.13. The Balaban J connectivity index is 1.95. The maximum absolute atomic E-state index is 11.9. The van der Waals surface area contributed by atoms with Crippen LogP contribution in [0.5, 0.6) is 0 Å². The van der Waals surface area contributed by atoms with Gasteiger partial charge in [-0.25, -0.2) is 0 Å². The second-order valence-corrected chi connectivity index (χ2v) is 4.26. The van der Waals surface area contributed by atoms with Crippen LogP contribution in [-0.4, -0.2) is 27.4 Å². The van der Waals surface area contributed by atoms with Gasteiger partial charge in [0.1, 0.15) is 0 Å². The van der Waals surface area contributed by atoms with Crippen molar-refractivity contribution in [3.8, 4) is 0 Å². The number of amides is 1. The number of nitrogens with zero attached hydrogens (tertiary/aromatic N) is 3. The number of carbonyl (C=O) groups is 1. The summed E-state index contributed by atoms with van der Waals surface area (Å²) in [4.78, 5) is 11.9. The maximum Gasteiger partial charge on any atom is 0.273 e. The molecule has 2 rings (SSSR count). The Hall–Kier alpha value is -2.21. The second-order valence-electron chi connectivity index (χ2n) is 4.26. The fourth-order valence-electron chi connectivity index (χ4n) is 1.72. The summed E-state index contributed by atoms with van der Waals surface area (Å²) in [5.41, 5.74) is 7.95. The van der Waals surface area contributed by atoms with E-state index in [1.54, 1.807) is 10.9 Å². The lowest BCUT2D eigenvalue weighted by Gasteiger charge is -2.06. The normalized spacial score (nSPS) is 10.4. The van der Waals surface area contributed by atoms with E-state index in [4.69, 9.17) is 5.73 Å². The van der Waals surface area contributed by atoms with Crippen molar-refractivity contribution < 1.29 is 4.79 Å². The first kappa shape index (κ1) is 13.2. The van der Waals surface area contributed by atoms with Gasteiger partial charge in [0.25, 0.3) is 5.91 Å². The summed E-state index contributed by atoms with van der Waals surface area (Å²) in [6.45, 7) is 3.51. The van der Waals surface area contributed by atoms with Gasteiger partial charge >= 0.3 is 0 Å². The molecule has 1 heterocycles. The molecule has 0 aliphatic heterocycles. The SMILES string of the molecule is Cc1ccccc1CNC(=O)c1cn(CCN)nn1. The molecule has 0 spiro atoms. The number of hydrogen-bond acceptors (Lipinski definition) is 4. The summed E-state index contributed by atoms with van der Waals surface area (Å²) in [6.07, 6.45) is 1.60. The van der Waals surface area contributed by atoms with Crippen molar-refractivity contribution in [3.63, 3.8) is 0 Å². The largest absolute Gasteiger partial charge is 0.347 e. The first-order chi connectivity index (χ1) is 9.20. The molecule has 3 N–H and O–H groups in total. The molecule has 0 unspecified atom stereocenters. The molecule has 0 aliphatic carbocycles. The van der Waals surface area contributed by atoms with Gasteiger partial charge in [-0.15, -0.1) is 5.10 Å². The zero-order chi connectivity index (χ0) is 13.7. The average Bonchev–Trinajstić information content (AvgIpc) is 2.87. The van der Waals surface area contributed by atoms with Gasteiger partial charge in [-0.3, -0.25) is 9.48 Å². The van der Waals surface area contributed by atoms with E-state index in [-0.39, 0.29) is 5.91 Å². The second kappa shape index (κ2) is 6.10. The van der Waals surface area contributed by atoms with Crippen LogP contribution in [0.4, 0.5) is 0 Å². The minimum Gasteiger partial charge on any atom is -0.347 e. The third-order valence-corrected chi connectivity index (χ3v) is 2.83. The van der Waals surface area contributed by atoms with Crippen LogP contribution in [0.3, 0.4) is 0 Å². The number of aryl methyl sites for hydroxylation is 1. The van der Waals surface area contributed by atoms with Crippen LogP contribution in [-0.2, 0) is 13.1 Å². The molecule has 100 valence electrons. The number of carbonyl (C=O) groups excluding carboxylic acids is 1. The lowest BCUT2D eigenvalue weighted by atomic mass is 10.1. The summed E-state index contributed by atoms with van der Waals surface area (Å²) in [6, 6.07) is 7.92. The average molecular weight is 259 g/mol. The van der Waals surface area contributed by atoms with Crippen LogP contribution < -0.4 is 11.1 Å². The number of aromatic nitrogens is 3. The lowest BCUT2D eigenvalue weighted by molar-refractivity contribution is 0.0946. The topological polar surface area (TPSA) is 85.8 Å². The highest BCUT2D eigenvalue weighted by molar-refractivity contribution is 5.91. The molecule has 0 saturated carbocycles. The molecular weight excluding hydrogens is 242 g/mol. The molecule has 1 aromatic carbocycles. The van der Waals surface area contributed by atoms with E-state index < -0.39 is 0 Å². The van der Waals surface area contributed by atoms with Gasteiger partial charge in [-0.1, -0.05) is 29.5 Å². The molecule has 0 fully saturated rings. The van der Waals surface area contributed by atoms with Crippen molar-refractivity contribution in [2.75, 3.05) is 6.54 Å². The van der Waals surface area contributed by atoms with E-state index in [0.29, 0.717) is 25.3 Å². The Labute approximate surface area is 111 Å². The molecule has 0 bridgehead atoms. The highest BCUT2D eigenvalue weighted by atomic mass is 16.2. The number of hydrogen-bond donors (Lipinski definition) is 2.